The number of primary amides is 1. The molecule has 178 valence electrons. The van der Waals surface area contributed by atoms with Gasteiger partial charge in [-0.05, 0) is 29.7 Å². The molecule has 2 unspecified atom stereocenters. The third-order valence-electron chi connectivity index (χ3n) is 6.55. The third-order valence-corrected chi connectivity index (χ3v) is 6.55. The van der Waals surface area contributed by atoms with Crippen LogP contribution in [0.1, 0.15) is 24.0 Å². The number of carbonyl (C=O) groups is 2. The van der Waals surface area contributed by atoms with Gasteiger partial charge in [-0.25, -0.2) is 9.80 Å². The molecule has 0 aromatic heterocycles. The Labute approximate surface area is 199 Å². The number of likely N-dealkylation sites (N-methyl/N-ethyl adjacent to an activating group) is 1. The lowest BCUT2D eigenvalue weighted by Gasteiger charge is -2.48. The summed E-state index contributed by atoms with van der Waals surface area (Å²) in [6.07, 6.45) is 7.32. The van der Waals surface area contributed by atoms with Crippen LogP contribution in [0.4, 0.5) is 0 Å². The van der Waals surface area contributed by atoms with Crippen LogP contribution in [0.3, 0.4) is 0 Å². The number of ether oxygens (including phenoxy) is 1. The molecule has 4 rings (SSSR count). The molecule has 2 aromatic carbocycles. The summed E-state index contributed by atoms with van der Waals surface area (Å²) >= 11 is 0. The largest absolute Gasteiger partial charge is 0.454 e. The fraction of sp³-hybridized carbons (Fsp3) is 0.308. The van der Waals surface area contributed by atoms with E-state index in [9.17, 15) is 14.7 Å². The summed E-state index contributed by atoms with van der Waals surface area (Å²) in [5, 5.41) is 13.4. The molecule has 0 aliphatic carbocycles. The second-order valence-electron chi connectivity index (χ2n) is 9.01. The lowest BCUT2D eigenvalue weighted by atomic mass is 9.86. The van der Waals surface area contributed by atoms with Crippen molar-refractivity contribution < 1.29 is 23.9 Å². The van der Waals surface area contributed by atoms with E-state index in [2.05, 4.69) is 5.43 Å². The summed E-state index contributed by atoms with van der Waals surface area (Å²) in [6, 6.07) is 17.6. The van der Waals surface area contributed by atoms with Gasteiger partial charge >= 0.3 is 5.97 Å². The normalized spacial score (nSPS) is 23.1. The maximum atomic E-state index is 13.5. The summed E-state index contributed by atoms with van der Waals surface area (Å²) in [4.78, 5) is 26.0. The number of allylic oxidation sites excluding steroid dienone is 2. The number of hydrogen-bond donors (Lipinski definition) is 3. The highest BCUT2D eigenvalue weighted by molar-refractivity contribution is 5.85. The van der Waals surface area contributed by atoms with Crippen molar-refractivity contribution in [3.8, 4) is 0 Å². The molecule has 2 aliphatic heterocycles. The van der Waals surface area contributed by atoms with Gasteiger partial charge in [0.25, 0.3) is 12.1 Å². The van der Waals surface area contributed by atoms with Crippen LogP contribution in [0, 0.1) is 0 Å². The number of piperidine rings is 1. The third kappa shape index (κ3) is 4.55. The summed E-state index contributed by atoms with van der Waals surface area (Å²) in [7, 11) is 1.93. The lowest BCUT2D eigenvalue weighted by molar-refractivity contribution is -0.942. The minimum Gasteiger partial charge on any atom is -0.454 e. The number of nitrogens with zero attached hydrogens (tertiary/aromatic N) is 2. The standard InChI is InChI=1S/C26H30N4O4/c1-30(24(23(27)31)29-17-9-8-16-28-29)18-10-15-22(19-30)34-25(32)26(33,20-11-4-2-5-12-20)21-13-6-3-7-14-21/h2-9,11-14,16-17,22,24,28,33H,10,15,18-19H2,1H3,(H-,27,31)/p+1/t22-,24?,30?/m1/s1. The molecule has 1 saturated heterocycles. The number of aliphatic hydroxyl groups is 1. The number of carbonyl (C=O) groups excluding carboxylic acids is 2. The monoisotopic (exact) mass is 463 g/mol. The van der Waals surface area contributed by atoms with Crippen LogP contribution >= 0.6 is 0 Å². The Morgan fingerprint density at radius 2 is 1.74 bits per heavy atom. The van der Waals surface area contributed by atoms with Gasteiger partial charge in [0.05, 0.1) is 13.6 Å². The number of esters is 1. The molecule has 2 heterocycles. The van der Waals surface area contributed by atoms with E-state index in [0.717, 1.165) is 6.42 Å². The summed E-state index contributed by atoms with van der Waals surface area (Å²) in [5.41, 5.74) is 7.78. The maximum absolute atomic E-state index is 13.5. The average Bonchev–Trinajstić information content (AvgIpc) is 2.85. The zero-order valence-corrected chi connectivity index (χ0v) is 19.2. The van der Waals surface area contributed by atoms with Gasteiger partial charge in [0.1, 0.15) is 6.54 Å². The van der Waals surface area contributed by atoms with E-state index in [1.54, 1.807) is 65.9 Å². The highest BCUT2D eigenvalue weighted by Crippen LogP contribution is 2.33. The number of benzene rings is 2. The Hall–Kier alpha value is -3.62. The molecule has 0 spiro atoms. The van der Waals surface area contributed by atoms with Crippen LogP contribution in [0.2, 0.25) is 0 Å². The lowest BCUT2D eigenvalue weighted by Crippen LogP contribution is -2.69. The van der Waals surface area contributed by atoms with Gasteiger partial charge < -0.3 is 21.0 Å². The molecule has 2 aliphatic rings. The van der Waals surface area contributed by atoms with Gasteiger partial charge in [-0.1, -0.05) is 60.7 Å². The minimum absolute atomic E-state index is 0.271. The van der Waals surface area contributed by atoms with Crippen molar-refractivity contribution in [1.29, 1.82) is 0 Å². The summed E-state index contributed by atoms with van der Waals surface area (Å²) < 4.78 is 6.22. The molecule has 0 bridgehead atoms. The fourth-order valence-electron chi connectivity index (χ4n) is 4.91. The van der Waals surface area contributed by atoms with Crippen molar-refractivity contribution in [2.45, 2.75) is 30.7 Å². The Kier molecular flexibility index (Phi) is 6.72. The first-order valence-corrected chi connectivity index (χ1v) is 11.4. The zero-order valence-electron chi connectivity index (χ0n) is 19.2. The van der Waals surface area contributed by atoms with Crippen molar-refractivity contribution in [2.75, 3.05) is 20.1 Å². The van der Waals surface area contributed by atoms with Crippen molar-refractivity contribution in [1.82, 2.24) is 10.4 Å². The second kappa shape index (κ2) is 9.70. The van der Waals surface area contributed by atoms with Gasteiger partial charge in [0.2, 0.25) is 5.60 Å². The quantitative estimate of drug-likeness (QED) is 0.427. The van der Waals surface area contributed by atoms with E-state index in [1.807, 2.05) is 31.3 Å². The molecule has 4 N–H and O–H groups in total. The number of amides is 1. The topological polar surface area (TPSA) is 105 Å². The van der Waals surface area contributed by atoms with Gasteiger partial charge in [-0.15, -0.1) is 0 Å². The highest BCUT2D eigenvalue weighted by Gasteiger charge is 2.48. The van der Waals surface area contributed by atoms with Gasteiger partial charge in [0, 0.05) is 18.8 Å². The molecule has 8 heteroatoms. The van der Waals surface area contributed by atoms with E-state index >= 15 is 0 Å². The van der Waals surface area contributed by atoms with Crippen molar-refractivity contribution in [2.24, 2.45) is 5.73 Å². The maximum Gasteiger partial charge on any atom is 0.348 e. The Balaban J connectivity index is 1.58. The molecule has 1 fully saturated rings. The number of nitrogens with one attached hydrogen (secondary N) is 1. The second-order valence-corrected chi connectivity index (χ2v) is 9.01. The van der Waals surface area contributed by atoms with Crippen LogP contribution < -0.4 is 11.2 Å². The first-order chi connectivity index (χ1) is 16.3. The number of rotatable bonds is 7. The molecule has 0 saturated carbocycles. The number of likely N-dealkylation sites (tertiary alicyclic amines) is 1. The molecule has 2 aromatic rings. The average molecular weight is 464 g/mol. The van der Waals surface area contributed by atoms with E-state index in [-0.39, 0.29) is 4.48 Å². The first-order valence-electron chi connectivity index (χ1n) is 11.4. The highest BCUT2D eigenvalue weighted by atomic mass is 16.6. The van der Waals surface area contributed by atoms with Crippen LogP contribution in [-0.2, 0) is 19.9 Å². The molecule has 1 amide bonds. The summed E-state index contributed by atoms with van der Waals surface area (Å²) in [5.74, 6) is -1.22. The number of nitrogens with two attached hydrogens (primary N) is 1. The predicted octanol–water partition coefficient (Wildman–Crippen LogP) is 1.73. The van der Waals surface area contributed by atoms with E-state index < -0.39 is 29.7 Å². The van der Waals surface area contributed by atoms with Gasteiger partial charge in [-0.2, -0.15) is 0 Å². The number of hydrogen-bond acceptors (Lipinski definition) is 6. The predicted molar refractivity (Wildman–Crippen MR) is 127 cm³/mol. The van der Waals surface area contributed by atoms with Crippen molar-refractivity contribution in [3.63, 3.8) is 0 Å². The van der Waals surface area contributed by atoms with Gasteiger partial charge in [-0.3, -0.25) is 9.28 Å². The van der Waals surface area contributed by atoms with Crippen LogP contribution in [0.25, 0.3) is 0 Å². The molecule has 0 radical (unpaired) electrons. The SMILES string of the molecule is C[N+]1(C(C(N)=O)N2C=CC=CN2)CCC[C@@H](OC(=O)C(O)(c2ccccc2)c2ccccc2)C1. The van der Waals surface area contributed by atoms with Gasteiger partial charge in [0.15, 0.2) is 6.10 Å². The first kappa shape index (κ1) is 23.5. The number of hydrazine groups is 1. The van der Waals surface area contributed by atoms with Crippen molar-refractivity contribution in [3.05, 3.63) is 96.3 Å². The van der Waals surface area contributed by atoms with Crippen molar-refractivity contribution >= 4 is 11.9 Å². The molecular formula is C26H31N4O4+. The molecule has 34 heavy (non-hydrogen) atoms. The van der Waals surface area contributed by atoms with E-state index in [1.165, 1.54) is 0 Å². The molecule has 8 nitrogen and oxygen atoms in total. The molecular weight excluding hydrogens is 432 g/mol. The molecule has 3 atom stereocenters. The Bertz CT molecular complexity index is 1030. The van der Waals surface area contributed by atoms with Crippen LogP contribution in [-0.4, -0.2) is 58.9 Å². The van der Waals surface area contributed by atoms with E-state index in [4.69, 9.17) is 10.5 Å². The Morgan fingerprint density at radius 3 is 2.26 bits per heavy atom. The zero-order chi connectivity index (χ0) is 24.2. The van der Waals surface area contributed by atoms with Crippen LogP contribution in [0.15, 0.2) is 85.2 Å². The summed E-state index contributed by atoms with van der Waals surface area (Å²) in [6.45, 7) is 1.08. The van der Waals surface area contributed by atoms with Crippen LogP contribution in [0.5, 0.6) is 0 Å². The number of quaternary nitrogens is 1. The minimum atomic E-state index is -1.95. The fourth-order valence-corrected chi connectivity index (χ4v) is 4.91. The Morgan fingerprint density at radius 1 is 1.12 bits per heavy atom. The van der Waals surface area contributed by atoms with E-state index in [0.29, 0.717) is 30.6 Å². The smallest absolute Gasteiger partial charge is 0.348 e.